The van der Waals surface area contributed by atoms with Crippen molar-refractivity contribution in [3.8, 4) is 0 Å². The van der Waals surface area contributed by atoms with E-state index in [1.54, 1.807) is 6.07 Å². The van der Waals surface area contributed by atoms with Crippen molar-refractivity contribution >= 4 is 5.97 Å². The van der Waals surface area contributed by atoms with Crippen LogP contribution in [0.4, 0.5) is 4.39 Å². The highest BCUT2D eigenvalue weighted by Crippen LogP contribution is 2.57. The van der Waals surface area contributed by atoms with Gasteiger partial charge in [0.1, 0.15) is 5.82 Å². The molecular weight excluding hydrogens is 431 g/mol. The van der Waals surface area contributed by atoms with Crippen LogP contribution in [0.25, 0.3) is 0 Å². The molecule has 0 spiro atoms. The fourth-order valence-electron chi connectivity index (χ4n) is 5.76. The van der Waals surface area contributed by atoms with E-state index < -0.39 is 5.97 Å². The largest absolute Gasteiger partial charge is 0.481 e. The van der Waals surface area contributed by atoms with Crippen LogP contribution in [0.2, 0.25) is 0 Å². The number of ether oxygens (including phenoxy) is 2. The molecule has 1 heterocycles. The summed E-state index contributed by atoms with van der Waals surface area (Å²) in [5.74, 6) is -0.218. The highest BCUT2D eigenvalue weighted by Gasteiger charge is 2.57. The number of carbonyl (C=O) groups is 1. The van der Waals surface area contributed by atoms with Crippen molar-refractivity contribution in [2.24, 2.45) is 17.3 Å². The smallest absolute Gasteiger partial charge is 0.303 e. The molecule has 2 aromatic rings. The molecule has 1 N–H and O–H groups in total. The number of aliphatic carboxylic acids is 1. The van der Waals surface area contributed by atoms with E-state index in [2.05, 4.69) is 42.5 Å². The average molecular weight is 467 g/mol. The second-order valence-electron chi connectivity index (χ2n) is 9.81. The van der Waals surface area contributed by atoms with Crippen LogP contribution in [0, 0.1) is 23.1 Å². The van der Waals surface area contributed by atoms with Crippen LogP contribution in [0.3, 0.4) is 0 Å². The third kappa shape index (κ3) is 6.34. The SMILES string of the molecule is O=C(O)CCC/C=C\C[C@@H]1[C@@H](COCc2cccc(F)c2)[C@H]2C[C@]1(CCc1ccccc1)CO2. The van der Waals surface area contributed by atoms with E-state index in [0.29, 0.717) is 31.5 Å². The molecule has 0 amide bonds. The van der Waals surface area contributed by atoms with Gasteiger partial charge in [0, 0.05) is 17.8 Å². The zero-order valence-electron chi connectivity index (χ0n) is 19.7. The summed E-state index contributed by atoms with van der Waals surface area (Å²) in [5.41, 5.74) is 2.34. The van der Waals surface area contributed by atoms with E-state index in [4.69, 9.17) is 14.6 Å². The maximum atomic E-state index is 13.5. The van der Waals surface area contributed by atoms with Gasteiger partial charge in [-0.2, -0.15) is 0 Å². The lowest BCUT2D eigenvalue weighted by Crippen LogP contribution is -2.38. The third-order valence-electron chi connectivity index (χ3n) is 7.51. The number of halogens is 1. The van der Waals surface area contributed by atoms with Gasteiger partial charge in [0.05, 0.1) is 25.9 Å². The Balaban J connectivity index is 1.39. The molecule has 182 valence electrons. The Labute approximate surface area is 201 Å². The summed E-state index contributed by atoms with van der Waals surface area (Å²) in [6.45, 7) is 1.80. The third-order valence-corrected chi connectivity index (χ3v) is 7.51. The summed E-state index contributed by atoms with van der Waals surface area (Å²) < 4.78 is 25.8. The van der Waals surface area contributed by atoms with Gasteiger partial charge in [-0.05, 0) is 67.7 Å². The van der Waals surface area contributed by atoms with Crippen LogP contribution in [-0.4, -0.2) is 30.4 Å². The number of unbranched alkanes of at least 4 members (excludes halogenated alkanes) is 1. The molecule has 2 aliphatic rings. The van der Waals surface area contributed by atoms with Crippen molar-refractivity contribution < 1.29 is 23.8 Å². The fraction of sp³-hybridized carbons (Fsp3) is 0.483. The molecular formula is C29H35FO4. The number of allylic oxidation sites excluding steroid dienone is 2. The Kier molecular flexibility index (Phi) is 8.52. The highest BCUT2D eigenvalue weighted by atomic mass is 19.1. The topological polar surface area (TPSA) is 55.8 Å². The Morgan fingerprint density at radius 3 is 2.76 bits per heavy atom. The fourth-order valence-corrected chi connectivity index (χ4v) is 5.76. The number of carboxylic acid groups (broad SMARTS) is 1. The molecule has 1 saturated carbocycles. The molecule has 4 atom stereocenters. The predicted molar refractivity (Wildman–Crippen MR) is 130 cm³/mol. The van der Waals surface area contributed by atoms with Gasteiger partial charge in [0.15, 0.2) is 0 Å². The first kappa shape index (κ1) is 24.6. The van der Waals surface area contributed by atoms with Crippen molar-refractivity contribution in [2.75, 3.05) is 13.2 Å². The Hall–Kier alpha value is -2.50. The van der Waals surface area contributed by atoms with Gasteiger partial charge >= 0.3 is 5.97 Å². The second-order valence-corrected chi connectivity index (χ2v) is 9.81. The summed E-state index contributed by atoms with van der Waals surface area (Å²) >= 11 is 0. The average Bonchev–Trinajstić information content (AvgIpc) is 3.38. The van der Waals surface area contributed by atoms with Crippen molar-refractivity contribution in [2.45, 2.75) is 57.7 Å². The van der Waals surface area contributed by atoms with Crippen LogP contribution in [0.5, 0.6) is 0 Å². The molecule has 5 heteroatoms. The zero-order valence-corrected chi connectivity index (χ0v) is 19.7. The summed E-state index contributed by atoms with van der Waals surface area (Å²) in [7, 11) is 0. The molecule has 1 aliphatic carbocycles. The maximum absolute atomic E-state index is 13.5. The quantitative estimate of drug-likeness (QED) is 0.282. The number of rotatable bonds is 13. The standard InChI is InChI=1S/C29H35FO4/c30-24-12-8-11-23(17-24)19-33-20-25-26(13-6-1-2-7-14-28(31)32)29(18-27(25)34-21-29)16-15-22-9-4-3-5-10-22/h1,3-6,8-12,17,25-27H,2,7,13-16,18-21H2,(H,31,32)/b6-1-/t25-,26-,27-,29-/m1/s1. The molecule has 1 saturated heterocycles. The van der Waals surface area contributed by atoms with Crippen molar-refractivity contribution in [1.82, 2.24) is 0 Å². The Morgan fingerprint density at radius 1 is 1.15 bits per heavy atom. The first-order chi connectivity index (χ1) is 16.6. The number of hydrogen-bond acceptors (Lipinski definition) is 3. The van der Waals surface area contributed by atoms with E-state index in [-0.39, 0.29) is 23.8 Å². The van der Waals surface area contributed by atoms with Gasteiger partial charge in [-0.1, -0.05) is 54.6 Å². The zero-order chi connectivity index (χ0) is 23.8. The molecule has 0 unspecified atom stereocenters. The molecule has 34 heavy (non-hydrogen) atoms. The van der Waals surface area contributed by atoms with E-state index in [1.165, 1.54) is 17.7 Å². The molecule has 4 nitrogen and oxygen atoms in total. The monoisotopic (exact) mass is 466 g/mol. The minimum Gasteiger partial charge on any atom is -0.481 e. The van der Waals surface area contributed by atoms with E-state index >= 15 is 0 Å². The lowest BCUT2D eigenvalue weighted by Gasteiger charge is -2.39. The van der Waals surface area contributed by atoms with Crippen LogP contribution in [-0.2, 0) is 27.3 Å². The minimum absolute atomic E-state index is 0.138. The number of carboxylic acids is 1. The first-order valence-corrected chi connectivity index (χ1v) is 12.4. The minimum atomic E-state index is -0.742. The highest BCUT2D eigenvalue weighted by molar-refractivity contribution is 5.66. The lowest BCUT2D eigenvalue weighted by atomic mass is 9.70. The van der Waals surface area contributed by atoms with Gasteiger partial charge in [-0.3, -0.25) is 4.79 Å². The van der Waals surface area contributed by atoms with Gasteiger partial charge in [-0.25, -0.2) is 4.39 Å². The second kappa shape index (κ2) is 11.8. The van der Waals surface area contributed by atoms with Crippen LogP contribution >= 0.6 is 0 Å². The van der Waals surface area contributed by atoms with E-state index in [1.807, 2.05) is 6.07 Å². The summed E-state index contributed by atoms with van der Waals surface area (Å²) in [4.78, 5) is 10.8. The molecule has 0 radical (unpaired) electrons. The Morgan fingerprint density at radius 2 is 1.97 bits per heavy atom. The van der Waals surface area contributed by atoms with Crippen LogP contribution < -0.4 is 0 Å². The van der Waals surface area contributed by atoms with E-state index in [0.717, 1.165) is 44.3 Å². The number of hydrogen-bond donors (Lipinski definition) is 1. The van der Waals surface area contributed by atoms with Gasteiger partial charge in [-0.15, -0.1) is 0 Å². The normalized spacial score (nSPS) is 25.9. The number of fused-ring (bicyclic) bond motifs is 2. The Bertz CT molecular complexity index is 960. The van der Waals surface area contributed by atoms with Crippen LogP contribution in [0.15, 0.2) is 66.7 Å². The summed E-state index contributed by atoms with van der Waals surface area (Å²) in [5, 5.41) is 8.84. The van der Waals surface area contributed by atoms with Crippen molar-refractivity contribution in [1.29, 1.82) is 0 Å². The van der Waals surface area contributed by atoms with Crippen molar-refractivity contribution in [3.05, 3.63) is 83.7 Å². The number of benzene rings is 2. The summed E-state index contributed by atoms with van der Waals surface area (Å²) in [6.07, 6.45) is 10.4. The molecule has 2 aromatic carbocycles. The lowest BCUT2D eigenvalue weighted by molar-refractivity contribution is -0.137. The maximum Gasteiger partial charge on any atom is 0.303 e. The molecule has 2 bridgehead atoms. The van der Waals surface area contributed by atoms with Crippen molar-refractivity contribution in [3.63, 3.8) is 0 Å². The van der Waals surface area contributed by atoms with Crippen LogP contribution in [0.1, 0.15) is 49.7 Å². The predicted octanol–water partition coefficient (Wildman–Crippen LogP) is 6.20. The molecule has 1 aliphatic heterocycles. The van der Waals surface area contributed by atoms with Gasteiger partial charge < -0.3 is 14.6 Å². The van der Waals surface area contributed by atoms with Gasteiger partial charge in [0.25, 0.3) is 0 Å². The van der Waals surface area contributed by atoms with Gasteiger partial charge in [0.2, 0.25) is 0 Å². The van der Waals surface area contributed by atoms with E-state index in [9.17, 15) is 9.18 Å². The molecule has 4 rings (SSSR count). The molecule has 2 fully saturated rings. The summed E-state index contributed by atoms with van der Waals surface area (Å²) in [6, 6.07) is 17.2. The molecule has 0 aromatic heterocycles. The first-order valence-electron chi connectivity index (χ1n) is 12.4. The number of aryl methyl sites for hydroxylation is 1.